The summed E-state index contributed by atoms with van der Waals surface area (Å²) in [6, 6.07) is 8.48. The van der Waals surface area contributed by atoms with Crippen LogP contribution in [0, 0.1) is 5.82 Å². The summed E-state index contributed by atoms with van der Waals surface area (Å²) in [6.45, 7) is 0.715. The fraction of sp³-hybridized carbons (Fsp3) is 0.0714. The first-order valence-corrected chi connectivity index (χ1v) is 5.71. The molecule has 1 aliphatic heterocycles. The third-order valence-corrected chi connectivity index (χ3v) is 2.88. The average molecular weight is 241 g/mol. The van der Waals surface area contributed by atoms with Gasteiger partial charge in [-0.15, -0.1) is 0 Å². The lowest BCUT2D eigenvalue weighted by molar-refractivity contribution is 0.628. The first kappa shape index (κ1) is 10.8. The van der Waals surface area contributed by atoms with Crippen LogP contribution >= 0.6 is 0 Å². The van der Waals surface area contributed by atoms with Crippen LogP contribution in [0.3, 0.4) is 0 Å². The molecule has 3 nitrogen and oxygen atoms in total. The van der Waals surface area contributed by atoms with Gasteiger partial charge in [-0.2, -0.15) is 0 Å². The van der Waals surface area contributed by atoms with Crippen LogP contribution in [0.1, 0.15) is 0 Å². The van der Waals surface area contributed by atoms with Crippen molar-refractivity contribution in [2.75, 3.05) is 11.6 Å². The molecule has 0 saturated heterocycles. The van der Waals surface area contributed by atoms with Gasteiger partial charge >= 0.3 is 0 Å². The number of benzene rings is 1. The molecule has 4 heteroatoms. The molecule has 0 fully saturated rings. The van der Waals surface area contributed by atoms with E-state index < -0.39 is 0 Å². The summed E-state index contributed by atoms with van der Waals surface area (Å²) in [6.07, 6.45) is 7.34. The summed E-state index contributed by atoms with van der Waals surface area (Å²) in [5, 5.41) is 3.11. The molecule has 1 aromatic heterocycles. The maximum atomic E-state index is 13.3. The van der Waals surface area contributed by atoms with E-state index in [1.54, 1.807) is 18.5 Å². The fourth-order valence-corrected chi connectivity index (χ4v) is 2.03. The van der Waals surface area contributed by atoms with Crippen LogP contribution in [0.15, 0.2) is 55.1 Å². The van der Waals surface area contributed by atoms with Crippen molar-refractivity contribution in [3.8, 4) is 11.1 Å². The lowest BCUT2D eigenvalue weighted by atomic mass is 10.1. The summed E-state index contributed by atoms with van der Waals surface area (Å²) in [7, 11) is 0. The smallest absolute Gasteiger partial charge is 0.123 e. The molecule has 90 valence electrons. The van der Waals surface area contributed by atoms with Crippen LogP contribution in [-0.4, -0.2) is 11.7 Å². The monoisotopic (exact) mass is 241 g/mol. The first-order chi connectivity index (χ1) is 8.84. The highest BCUT2D eigenvalue weighted by Crippen LogP contribution is 2.30. The molecule has 1 aliphatic rings. The number of hydrogen-bond donors (Lipinski definition) is 1. The molecule has 0 bridgehead atoms. The molecule has 2 aromatic rings. The highest BCUT2D eigenvalue weighted by atomic mass is 19.1. The summed E-state index contributed by atoms with van der Waals surface area (Å²) in [4.78, 5) is 6.19. The van der Waals surface area contributed by atoms with Gasteiger partial charge in [-0.1, -0.05) is 12.1 Å². The van der Waals surface area contributed by atoms with Gasteiger partial charge in [0.2, 0.25) is 0 Å². The van der Waals surface area contributed by atoms with Crippen molar-refractivity contribution in [2.45, 2.75) is 0 Å². The van der Waals surface area contributed by atoms with Crippen molar-refractivity contribution < 1.29 is 4.39 Å². The Morgan fingerprint density at radius 3 is 3.00 bits per heavy atom. The zero-order chi connectivity index (χ0) is 12.4. The maximum absolute atomic E-state index is 13.3. The third kappa shape index (κ3) is 1.93. The van der Waals surface area contributed by atoms with E-state index in [2.05, 4.69) is 15.2 Å². The predicted octanol–water partition coefficient (Wildman–Crippen LogP) is 2.73. The number of halogens is 1. The zero-order valence-corrected chi connectivity index (χ0v) is 9.68. The Morgan fingerprint density at radius 1 is 1.28 bits per heavy atom. The summed E-state index contributed by atoms with van der Waals surface area (Å²) in [5.74, 6) is -0.239. The van der Waals surface area contributed by atoms with E-state index in [1.807, 2.05) is 24.5 Å². The molecule has 0 radical (unpaired) electrons. The molecule has 0 amide bonds. The molecular weight excluding hydrogens is 229 g/mol. The molecule has 1 aromatic carbocycles. The number of nitrogens with one attached hydrogen (secondary N) is 1. The highest BCUT2D eigenvalue weighted by Gasteiger charge is 2.12. The second-order valence-electron chi connectivity index (χ2n) is 4.05. The Hall–Kier alpha value is -2.36. The van der Waals surface area contributed by atoms with Gasteiger partial charge in [-0.25, -0.2) is 4.39 Å². The van der Waals surface area contributed by atoms with Crippen molar-refractivity contribution >= 4 is 5.69 Å². The average Bonchev–Trinajstić information content (AvgIpc) is 2.92. The molecule has 0 aliphatic carbocycles. The number of aromatic nitrogens is 1. The van der Waals surface area contributed by atoms with E-state index in [-0.39, 0.29) is 5.82 Å². The molecule has 1 N–H and O–H groups in total. The van der Waals surface area contributed by atoms with Crippen molar-refractivity contribution in [1.82, 2.24) is 10.3 Å². The first-order valence-electron chi connectivity index (χ1n) is 5.71. The van der Waals surface area contributed by atoms with Crippen LogP contribution in [0.2, 0.25) is 0 Å². The summed E-state index contributed by atoms with van der Waals surface area (Å²) in [5.41, 5.74) is 2.76. The SMILES string of the molecule is Fc1cccc(-c2cnccc2N2C=CNC2)c1. The van der Waals surface area contributed by atoms with Gasteiger partial charge in [0.15, 0.2) is 0 Å². The Bertz CT molecular complexity index is 595. The molecular formula is C14H12FN3. The topological polar surface area (TPSA) is 28.2 Å². The normalized spacial score (nSPS) is 13.7. The van der Waals surface area contributed by atoms with Gasteiger partial charge in [0.05, 0.1) is 12.4 Å². The lowest BCUT2D eigenvalue weighted by Gasteiger charge is -2.18. The van der Waals surface area contributed by atoms with Crippen LogP contribution < -0.4 is 10.2 Å². The van der Waals surface area contributed by atoms with Crippen LogP contribution in [0.4, 0.5) is 10.1 Å². The largest absolute Gasteiger partial charge is 0.372 e. The van der Waals surface area contributed by atoms with Gasteiger partial charge in [0, 0.05) is 30.4 Å². The Morgan fingerprint density at radius 2 is 2.22 bits per heavy atom. The quantitative estimate of drug-likeness (QED) is 0.876. The standard InChI is InChI=1S/C14H12FN3/c15-12-3-1-2-11(8-12)13-9-16-5-4-14(13)18-7-6-17-10-18/h1-9,17H,10H2. The minimum Gasteiger partial charge on any atom is -0.372 e. The Kier molecular flexibility index (Phi) is 2.68. The van der Waals surface area contributed by atoms with Crippen molar-refractivity contribution in [3.05, 3.63) is 60.9 Å². The zero-order valence-electron chi connectivity index (χ0n) is 9.68. The van der Waals surface area contributed by atoms with Gasteiger partial charge in [0.25, 0.3) is 0 Å². The van der Waals surface area contributed by atoms with E-state index in [0.29, 0.717) is 6.67 Å². The lowest BCUT2D eigenvalue weighted by Crippen LogP contribution is -2.20. The molecule has 0 unspecified atom stereocenters. The molecule has 3 rings (SSSR count). The third-order valence-electron chi connectivity index (χ3n) is 2.88. The van der Waals surface area contributed by atoms with Crippen LogP contribution in [0.5, 0.6) is 0 Å². The van der Waals surface area contributed by atoms with Gasteiger partial charge < -0.3 is 10.2 Å². The van der Waals surface area contributed by atoms with E-state index in [0.717, 1.165) is 16.8 Å². The van der Waals surface area contributed by atoms with Crippen molar-refractivity contribution in [3.63, 3.8) is 0 Å². The number of anilines is 1. The molecule has 0 saturated carbocycles. The van der Waals surface area contributed by atoms with E-state index in [9.17, 15) is 4.39 Å². The molecule has 18 heavy (non-hydrogen) atoms. The van der Waals surface area contributed by atoms with E-state index in [1.165, 1.54) is 12.1 Å². The second-order valence-corrected chi connectivity index (χ2v) is 4.05. The van der Waals surface area contributed by atoms with Gasteiger partial charge in [-0.05, 0) is 23.8 Å². The van der Waals surface area contributed by atoms with Crippen molar-refractivity contribution in [2.24, 2.45) is 0 Å². The summed E-state index contributed by atoms with van der Waals surface area (Å²) < 4.78 is 13.3. The molecule has 2 heterocycles. The second kappa shape index (κ2) is 4.49. The van der Waals surface area contributed by atoms with Crippen LogP contribution in [-0.2, 0) is 0 Å². The van der Waals surface area contributed by atoms with Crippen molar-refractivity contribution in [1.29, 1.82) is 0 Å². The Labute approximate surface area is 105 Å². The maximum Gasteiger partial charge on any atom is 0.123 e. The number of hydrogen-bond acceptors (Lipinski definition) is 3. The summed E-state index contributed by atoms with van der Waals surface area (Å²) >= 11 is 0. The van der Waals surface area contributed by atoms with E-state index in [4.69, 9.17) is 0 Å². The van der Waals surface area contributed by atoms with E-state index >= 15 is 0 Å². The molecule has 0 spiro atoms. The van der Waals surface area contributed by atoms with Gasteiger partial charge in [-0.3, -0.25) is 4.98 Å². The highest BCUT2D eigenvalue weighted by molar-refractivity contribution is 5.78. The minimum absolute atomic E-state index is 0.239. The number of pyridine rings is 1. The number of rotatable bonds is 2. The Balaban J connectivity index is 2.09. The van der Waals surface area contributed by atoms with Crippen LogP contribution in [0.25, 0.3) is 11.1 Å². The minimum atomic E-state index is -0.239. The van der Waals surface area contributed by atoms with Gasteiger partial charge in [0.1, 0.15) is 5.82 Å². The fourth-order valence-electron chi connectivity index (χ4n) is 2.03. The molecule has 0 atom stereocenters. The predicted molar refractivity (Wildman–Crippen MR) is 69.3 cm³/mol. The number of nitrogens with zero attached hydrogens (tertiary/aromatic N) is 2.